The lowest BCUT2D eigenvalue weighted by molar-refractivity contribution is 0.299. The third-order valence-corrected chi connectivity index (χ3v) is 2.96. The summed E-state index contributed by atoms with van der Waals surface area (Å²) in [5.74, 6) is 0. The Morgan fingerprint density at radius 3 is 2.50 bits per heavy atom. The lowest BCUT2D eigenvalue weighted by atomic mass is 10.1. The van der Waals surface area contributed by atoms with Crippen LogP contribution in [0.25, 0.3) is 0 Å². The highest BCUT2D eigenvalue weighted by molar-refractivity contribution is 5.74. The van der Waals surface area contributed by atoms with Gasteiger partial charge in [-0.1, -0.05) is 24.3 Å². The summed E-state index contributed by atoms with van der Waals surface area (Å²) >= 11 is 0. The van der Waals surface area contributed by atoms with Gasteiger partial charge in [0.2, 0.25) is 0 Å². The molecule has 0 fully saturated rings. The first-order valence-electron chi connectivity index (χ1n) is 6.02. The van der Waals surface area contributed by atoms with Crippen LogP contribution in [-0.2, 0) is 6.42 Å². The van der Waals surface area contributed by atoms with Crippen molar-refractivity contribution >= 4 is 17.1 Å². The molecule has 0 spiro atoms. The lowest BCUT2D eigenvalue weighted by Crippen LogP contribution is -1.98. The standard InChI is InChI=1S/C15H18N2O/c1-11-3-2-4-14(15(11)16)17-13-7-5-12(6-8-13)9-10-18/h2-8,17-18H,9-10,16H2,1H3. The summed E-state index contributed by atoms with van der Waals surface area (Å²) in [5, 5.41) is 12.2. The number of rotatable bonds is 4. The Bertz CT molecular complexity index is 521. The molecule has 0 heterocycles. The van der Waals surface area contributed by atoms with Gasteiger partial charge in [0.05, 0.1) is 11.4 Å². The van der Waals surface area contributed by atoms with Crippen LogP contribution in [0.5, 0.6) is 0 Å². The Hall–Kier alpha value is -2.00. The molecule has 4 N–H and O–H groups in total. The van der Waals surface area contributed by atoms with Crippen molar-refractivity contribution in [1.82, 2.24) is 0 Å². The van der Waals surface area contributed by atoms with Gasteiger partial charge in [-0.05, 0) is 42.7 Å². The molecule has 0 bridgehead atoms. The van der Waals surface area contributed by atoms with Crippen molar-refractivity contribution < 1.29 is 5.11 Å². The van der Waals surface area contributed by atoms with Crippen molar-refractivity contribution in [2.24, 2.45) is 0 Å². The molecule has 0 aliphatic rings. The lowest BCUT2D eigenvalue weighted by Gasteiger charge is -2.11. The molecular weight excluding hydrogens is 224 g/mol. The molecule has 0 aliphatic carbocycles. The number of hydrogen-bond donors (Lipinski definition) is 3. The molecule has 0 radical (unpaired) electrons. The fourth-order valence-electron chi connectivity index (χ4n) is 1.83. The van der Waals surface area contributed by atoms with Crippen molar-refractivity contribution in [2.75, 3.05) is 17.7 Å². The van der Waals surface area contributed by atoms with Crippen LogP contribution in [0.1, 0.15) is 11.1 Å². The number of para-hydroxylation sites is 1. The molecule has 0 unspecified atom stereocenters. The monoisotopic (exact) mass is 242 g/mol. The first-order valence-corrected chi connectivity index (χ1v) is 6.02. The SMILES string of the molecule is Cc1cccc(Nc2ccc(CCO)cc2)c1N. The number of nitrogens with two attached hydrogens (primary N) is 1. The number of aliphatic hydroxyl groups excluding tert-OH is 1. The van der Waals surface area contributed by atoms with Gasteiger partial charge in [-0.15, -0.1) is 0 Å². The summed E-state index contributed by atoms with van der Waals surface area (Å²) in [5.41, 5.74) is 10.9. The fourth-order valence-corrected chi connectivity index (χ4v) is 1.83. The molecule has 3 nitrogen and oxygen atoms in total. The molecule has 0 amide bonds. The van der Waals surface area contributed by atoms with Gasteiger partial charge in [-0.25, -0.2) is 0 Å². The van der Waals surface area contributed by atoms with Crippen molar-refractivity contribution in [1.29, 1.82) is 0 Å². The summed E-state index contributed by atoms with van der Waals surface area (Å²) in [4.78, 5) is 0. The third-order valence-electron chi connectivity index (χ3n) is 2.96. The van der Waals surface area contributed by atoms with E-state index in [-0.39, 0.29) is 6.61 Å². The first-order chi connectivity index (χ1) is 8.70. The molecule has 0 aliphatic heterocycles. The highest BCUT2D eigenvalue weighted by atomic mass is 16.2. The summed E-state index contributed by atoms with van der Waals surface area (Å²) in [7, 11) is 0. The molecule has 2 rings (SSSR count). The molecule has 0 atom stereocenters. The fraction of sp³-hybridized carbons (Fsp3) is 0.200. The van der Waals surface area contributed by atoms with Crippen LogP contribution in [0.15, 0.2) is 42.5 Å². The van der Waals surface area contributed by atoms with E-state index in [1.165, 1.54) is 0 Å². The van der Waals surface area contributed by atoms with Crippen molar-refractivity contribution in [3.05, 3.63) is 53.6 Å². The maximum Gasteiger partial charge on any atom is 0.0620 e. The first kappa shape index (κ1) is 12.5. The van der Waals surface area contributed by atoms with E-state index in [1.54, 1.807) is 0 Å². The molecule has 94 valence electrons. The van der Waals surface area contributed by atoms with Crippen LogP contribution in [0.4, 0.5) is 17.1 Å². The Morgan fingerprint density at radius 1 is 1.11 bits per heavy atom. The largest absolute Gasteiger partial charge is 0.397 e. The minimum atomic E-state index is 0.178. The van der Waals surface area contributed by atoms with E-state index in [2.05, 4.69) is 5.32 Å². The third kappa shape index (κ3) is 2.81. The molecule has 0 aromatic heterocycles. The molecule has 0 saturated carbocycles. The van der Waals surface area contributed by atoms with Crippen molar-refractivity contribution in [2.45, 2.75) is 13.3 Å². The van der Waals surface area contributed by atoms with E-state index in [0.29, 0.717) is 6.42 Å². The summed E-state index contributed by atoms with van der Waals surface area (Å²) in [6.45, 7) is 2.17. The highest BCUT2D eigenvalue weighted by Gasteiger charge is 2.01. The van der Waals surface area contributed by atoms with Crippen molar-refractivity contribution in [3.63, 3.8) is 0 Å². The quantitative estimate of drug-likeness (QED) is 0.722. The van der Waals surface area contributed by atoms with Gasteiger partial charge in [0.15, 0.2) is 0 Å². The van der Waals surface area contributed by atoms with Crippen LogP contribution in [0, 0.1) is 6.92 Å². The average molecular weight is 242 g/mol. The van der Waals surface area contributed by atoms with E-state index >= 15 is 0 Å². The van der Waals surface area contributed by atoms with Crippen LogP contribution < -0.4 is 11.1 Å². The minimum absolute atomic E-state index is 0.178. The number of aliphatic hydroxyl groups is 1. The van der Waals surface area contributed by atoms with E-state index < -0.39 is 0 Å². The smallest absolute Gasteiger partial charge is 0.0620 e. The Labute approximate surface area is 107 Å². The van der Waals surface area contributed by atoms with Crippen molar-refractivity contribution in [3.8, 4) is 0 Å². The molecular formula is C15H18N2O. The Kier molecular flexibility index (Phi) is 3.85. The topological polar surface area (TPSA) is 58.3 Å². The summed E-state index contributed by atoms with van der Waals surface area (Å²) in [6.07, 6.45) is 0.687. The second-order valence-corrected chi connectivity index (χ2v) is 4.33. The predicted octanol–water partition coefficient (Wildman–Crippen LogP) is 2.86. The highest BCUT2D eigenvalue weighted by Crippen LogP contribution is 2.25. The zero-order valence-electron chi connectivity index (χ0n) is 10.5. The summed E-state index contributed by atoms with van der Waals surface area (Å²) < 4.78 is 0. The number of nitrogens with one attached hydrogen (secondary N) is 1. The van der Waals surface area contributed by atoms with Crippen LogP contribution in [0.2, 0.25) is 0 Å². The second-order valence-electron chi connectivity index (χ2n) is 4.33. The van der Waals surface area contributed by atoms with Crippen LogP contribution in [-0.4, -0.2) is 11.7 Å². The summed E-state index contributed by atoms with van der Waals surface area (Å²) in [6, 6.07) is 13.9. The van der Waals surface area contributed by atoms with Gasteiger partial charge in [0, 0.05) is 12.3 Å². The molecule has 0 saturated heterocycles. The van der Waals surface area contributed by atoms with Gasteiger partial charge in [0.1, 0.15) is 0 Å². The average Bonchev–Trinajstić information content (AvgIpc) is 2.38. The molecule has 2 aromatic rings. The molecule has 3 heteroatoms. The minimum Gasteiger partial charge on any atom is -0.397 e. The van der Waals surface area contributed by atoms with Gasteiger partial charge >= 0.3 is 0 Å². The van der Waals surface area contributed by atoms with Gasteiger partial charge < -0.3 is 16.2 Å². The zero-order chi connectivity index (χ0) is 13.0. The molecule has 18 heavy (non-hydrogen) atoms. The number of benzene rings is 2. The maximum absolute atomic E-state index is 8.86. The van der Waals surface area contributed by atoms with Gasteiger partial charge in [-0.3, -0.25) is 0 Å². The number of nitrogen functional groups attached to an aromatic ring is 1. The number of aryl methyl sites for hydroxylation is 1. The van der Waals surface area contributed by atoms with E-state index in [0.717, 1.165) is 28.2 Å². The number of hydrogen-bond acceptors (Lipinski definition) is 3. The van der Waals surface area contributed by atoms with E-state index in [9.17, 15) is 0 Å². The zero-order valence-corrected chi connectivity index (χ0v) is 10.5. The Morgan fingerprint density at radius 2 is 1.83 bits per heavy atom. The van der Waals surface area contributed by atoms with Crippen LogP contribution >= 0.6 is 0 Å². The van der Waals surface area contributed by atoms with E-state index in [1.807, 2.05) is 49.4 Å². The van der Waals surface area contributed by atoms with Gasteiger partial charge in [-0.2, -0.15) is 0 Å². The van der Waals surface area contributed by atoms with Gasteiger partial charge in [0.25, 0.3) is 0 Å². The predicted molar refractivity (Wildman–Crippen MR) is 76.1 cm³/mol. The molecule has 2 aromatic carbocycles. The van der Waals surface area contributed by atoms with E-state index in [4.69, 9.17) is 10.8 Å². The maximum atomic E-state index is 8.86. The second kappa shape index (κ2) is 5.56. The Balaban J connectivity index is 2.16. The number of anilines is 3. The van der Waals surface area contributed by atoms with Crippen LogP contribution in [0.3, 0.4) is 0 Å². The normalized spacial score (nSPS) is 10.3.